The molecule has 1 aromatic carbocycles. The number of hydrogen-bond acceptors (Lipinski definition) is 4. The van der Waals surface area contributed by atoms with Crippen LogP contribution in [0, 0.1) is 3.57 Å². The van der Waals surface area contributed by atoms with Gasteiger partial charge in [0.15, 0.2) is 12.4 Å². The van der Waals surface area contributed by atoms with E-state index < -0.39 is 0 Å². The number of ether oxygens (including phenoxy) is 1. The Morgan fingerprint density at radius 1 is 1.32 bits per heavy atom. The molecule has 0 bridgehead atoms. The van der Waals surface area contributed by atoms with Gasteiger partial charge in [0.2, 0.25) is 0 Å². The van der Waals surface area contributed by atoms with Crippen molar-refractivity contribution in [1.82, 2.24) is 10.2 Å². The van der Waals surface area contributed by atoms with Crippen LogP contribution in [0.2, 0.25) is 0 Å². The van der Waals surface area contributed by atoms with Crippen molar-refractivity contribution in [2.75, 3.05) is 11.9 Å². The Kier molecular flexibility index (Phi) is 4.74. The van der Waals surface area contributed by atoms with Gasteiger partial charge in [0.25, 0.3) is 5.91 Å². The molecule has 0 aliphatic heterocycles. The third-order valence-electron chi connectivity index (χ3n) is 2.82. The van der Waals surface area contributed by atoms with E-state index in [2.05, 4.69) is 38.1 Å². The molecule has 0 unspecified atom stereocenters. The molecule has 112 valence electrons. The van der Waals surface area contributed by atoms with E-state index in [0.717, 1.165) is 14.1 Å². The van der Waals surface area contributed by atoms with Crippen molar-refractivity contribution in [1.29, 1.82) is 0 Å². The summed E-state index contributed by atoms with van der Waals surface area (Å²) in [5, 5.41) is 11.7. The highest BCUT2D eigenvalue weighted by molar-refractivity contribution is 14.1. The van der Waals surface area contributed by atoms with E-state index >= 15 is 0 Å². The monoisotopic (exact) mass is 425 g/mol. The number of amides is 1. The average Bonchev–Trinajstić information content (AvgIpc) is 3.17. The number of aromatic nitrogens is 2. The summed E-state index contributed by atoms with van der Waals surface area (Å²) in [6, 6.07) is 13.3. The third-order valence-corrected chi connectivity index (χ3v) is 4.44. The Labute approximate surface area is 144 Å². The van der Waals surface area contributed by atoms with Gasteiger partial charge >= 0.3 is 0 Å². The lowest BCUT2D eigenvalue weighted by Crippen LogP contribution is -2.20. The van der Waals surface area contributed by atoms with Crippen LogP contribution in [0.3, 0.4) is 0 Å². The van der Waals surface area contributed by atoms with Crippen LogP contribution >= 0.6 is 33.9 Å². The highest BCUT2D eigenvalue weighted by Gasteiger charge is 2.08. The van der Waals surface area contributed by atoms with E-state index in [1.54, 1.807) is 17.4 Å². The molecule has 5 nitrogen and oxygen atoms in total. The second-order valence-electron chi connectivity index (χ2n) is 4.43. The molecule has 0 saturated heterocycles. The number of thiophene rings is 1. The highest BCUT2D eigenvalue weighted by Crippen LogP contribution is 2.24. The normalized spacial score (nSPS) is 10.4. The third kappa shape index (κ3) is 3.86. The largest absolute Gasteiger partial charge is 0.484 e. The average molecular weight is 425 g/mol. The van der Waals surface area contributed by atoms with Crippen molar-refractivity contribution in [3.63, 3.8) is 0 Å². The first kappa shape index (κ1) is 15.0. The molecule has 0 radical (unpaired) electrons. The summed E-state index contributed by atoms with van der Waals surface area (Å²) >= 11 is 3.82. The zero-order valence-electron chi connectivity index (χ0n) is 11.4. The van der Waals surface area contributed by atoms with Crippen molar-refractivity contribution < 1.29 is 9.53 Å². The summed E-state index contributed by atoms with van der Waals surface area (Å²) in [6.07, 6.45) is 0. The molecule has 1 amide bonds. The molecule has 7 heteroatoms. The fourth-order valence-electron chi connectivity index (χ4n) is 1.80. The molecule has 0 aliphatic rings. The van der Waals surface area contributed by atoms with Crippen LogP contribution in [0.15, 0.2) is 47.8 Å². The molecular formula is C15H12IN3O2S. The number of anilines is 1. The lowest BCUT2D eigenvalue weighted by atomic mass is 10.3. The van der Waals surface area contributed by atoms with Crippen molar-refractivity contribution in [2.45, 2.75) is 0 Å². The Hall–Kier alpha value is -1.87. The lowest BCUT2D eigenvalue weighted by molar-refractivity contribution is -0.118. The number of halogens is 1. The number of rotatable bonds is 5. The van der Waals surface area contributed by atoms with Crippen LogP contribution < -0.4 is 10.1 Å². The van der Waals surface area contributed by atoms with Crippen LogP contribution in [0.4, 0.5) is 5.82 Å². The molecule has 0 saturated carbocycles. The summed E-state index contributed by atoms with van der Waals surface area (Å²) in [4.78, 5) is 12.9. The molecule has 2 aromatic heterocycles. The van der Waals surface area contributed by atoms with Crippen LogP contribution in [-0.4, -0.2) is 22.7 Å². The van der Waals surface area contributed by atoms with Crippen LogP contribution in [-0.2, 0) is 4.79 Å². The highest BCUT2D eigenvalue weighted by atomic mass is 127. The maximum atomic E-state index is 11.9. The number of carbonyl (C=O) groups excluding carboxylic acids is 1. The van der Waals surface area contributed by atoms with Gasteiger partial charge in [-0.15, -0.1) is 11.3 Å². The maximum absolute atomic E-state index is 11.9. The van der Waals surface area contributed by atoms with E-state index in [1.807, 2.05) is 41.8 Å². The molecular weight excluding hydrogens is 413 g/mol. The SMILES string of the molecule is O=C(COc1ccc(I)cc1)Nc1cc(-c2cccs2)[nH]n1. The number of aromatic amines is 1. The van der Waals surface area contributed by atoms with Crippen LogP contribution in [0.25, 0.3) is 10.6 Å². The Morgan fingerprint density at radius 2 is 2.14 bits per heavy atom. The quantitative estimate of drug-likeness (QED) is 0.612. The first-order chi connectivity index (χ1) is 10.7. The van der Waals surface area contributed by atoms with E-state index in [0.29, 0.717) is 11.6 Å². The molecule has 2 heterocycles. The van der Waals surface area contributed by atoms with Gasteiger partial charge in [-0.1, -0.05) is 6.07 Å². The predicted octanol–water partition coefficient (Wildman–Crippen LogP) is 3.76. The number of nitrogens with one attached hydrogen (secondary N) is 2. The number of hydrogen-bond donors (Lipinski definition) is 2. The van der Waals surface area contributed by atoms with Gasteiger partial charge in [0.1, 0.15) is 5.75 Å². The fourth-order valence-corrected chi connectivity index (χ4v) is 2.85. The predicted molar refractivity (Wildman–Crippen MR) is 95.2 cm³/mol. The van der Waals surface area contributed by atoms with E-state index in [-0.39, 0.29) is 12.5 Å². The summed E-state index contributed by atoms with van der Waals surface area (Å²) in [6.45, 7) is -0.0538. The maximum Gasteiger partial charge on any atom is 0.263 e. The summed E-state index contributed by atoms with van der Waals surface area (Å²) in [7, 11) is 0. The van der Waals surface area contributed by atoms with Gasteiger partial charge in [0.05, 0.1) is 10.6 Å². The number of H-pyrrole nitrogens is 1. The molecule has 3 rings (SSSR count). The number of benzene rings is 1. The molecule has 0 atom stereocenters. The van der Waals surface area contributed by atoms with E-state index in [4.69, 9.17) is 4.74 Å². The molecule has 0 spiro atoms. The summed E-state index contributed by atoms with van der Waals surface area (Å²) in [5.41, 5.74) is 0.879. The van der Waals surface area contributed by atoms with E-state index in [1.165, 1.54) is 0 Å². The van der Waals surface area contributed by atoms with Gasteiger partial charge < -0.3 is 10.1 Å². The van der Waals surface area contributed by atoms with Crippen molar-refractivity contribution in [2.24, 2.45) is 0 Å². The van der Waals surface area contributed by atoms with Gasteiger partial charge in [-0.05, 0) is 58.3 Å². The lowest BCUT2D eigenvalue weighted by Gasteiger charge is -2.05. The van der Waals surface area contributed by atoms with Crippen molar-refractivity contribution in [3.05, 3.63) is 51.4 Å². The minimum absolute atomic E-state index is 0.0538. The van der Waals surface area contributed by atoms with Gasteiger partial charge in [-0.25, -0.2) is 0 Å². The fraction of sp³-hybridized carbons (Fsp3) is 0.0667. The van der Waals surface area contributed by atoms with Gasteiger partial charge in [0, 0.05) is 9.64 Å². The minimum Gasteiger partial charge on any atom is -0.484 e. The second-order valence-corrected chi connectivity index (χ2v) is 6.63. The summed E-state index contributed by atoms with van der Waals surface area (Å²) < 4.78 is 6.54. The first-order valence-electron chi connectivity index (χ1n) is 6.48. The number of carbonyl (C=O) groups is 1. The van der Waals surface area contributed by atoms with E-state index in [9.17, 15) is 4.79 Å². The van der Waals surface area contributed by atoms with Gasteiger partial charge in [-0.3, -0.25) is 9.89 Å². The molecule has 0 fully saturated rings. The minimum atomic E-state index is -0.247. The van der Waals surface area contributed by atoms with Crippen molar-refractivity contribution >= 4 is 45.7 Å². The van der Waals surface area contributed by atoms with Crippen molar-refractivity contribution in [3.8, 4) is 16.3 Å². The van der Waals surface area contributed by atoms with Crippen LogP contribution in [0.1, 0.15) is 0 Å². The second kappa shape index (κ2) is 6.93. The Morgan fingerprint density at radius 3 is 2.86 bits per heavy atom. The topological polar surface area (TPSA) is 67.0 Å². The van der Waals surface area contributed by atoms with Gasteiger partial charge in [-0.2, -0.15) is 5.10 Å². The standard InChI is InChI=1S/C15H12IN3O2S/c16-10-3-5-11(6-4-10)21-9-15(20)17-14-8-12(18-19-14)13-2-1-7-22-13/h1-8H,9H2,(H2,17,18,19,20). The molecule has 2 N–H and O–H groups in total. The zero-order valence-corrected chi connectivity index (χ0v) is 14.3. The zero-order chi connectivity index (χ0) is 15.4. The Balaban J connectivity index is 1.54. The van der Waals surface area contributed by atoms with Crippen LogP contribution in [0.5, 0.6) is 5.75 Å². The molecule has 0 aliphatic carbocycles. The molecule has 22 heavy (non-hydrogen) atoms. The molecule has 3 aromatic rings. The number of nitrogens with zero attached hydrogens (tertiary/aromatic N) is 1. The smallest absolute Gasteiger partial charge is 0.263 e. The first-order valence-corrected chi connectivity index (χ1v) is 8.44. The summed E-state index contributed by atoms with van der Waals surface area (Å²) in [5.74, 6) is 0.902. The Bertz CT molecular complexity index is 753.